The van der Waals surface area contributed by atoms with Gasteiger partial charge in [0, 0.05) is 5.92 Å². The van der Waals surface area contributed by atoms with E-state index in [4.69, 9.17) is 4.74 Å². The van der Waals surface area contributed by atoms with Gasteiger partial charge in [-0.3, -0.25) is 0 Å². The Bertz CT molecular complexity index is 925. The van der Waals surface area contributed by atoms with E-state index in [9.17, 15) is 24.8 Å². The lowest BCUT2D eigenvalue weighted by Gasteiger charge is -2.40. The molecule has 1 aliphatic heterocycles. The fraction of sp³-hybridized carbons (Fsp3) is 0.391. The van der Waals surface area contributed by atoms with Gasteiger partial charge < -0.3 is 25.2 Å². The van der Waals surface area contributed by atoms with Crippen molar-refractivity contribution in [2.75, 3.05) is 6.61 Å². The molecule has 1 aliphatic carbocycles. The lowest BCUT2D eigenvalue weighted by Crippen LogP contribution is -2.55. The Morgan fingerprint density at radius 2 is 1.83 bits per heavy atom. The van der Waals surface area contributed by atoms with Crippen LogP contribution in [0.25, 0.3) is 6.08 Å². The highest BCUT2D eigenvalue weighted by Crippen LogP contribution is 2.38. The zero-order valence-electron chi connectivity index (χ0n) is 16.1. The molecule has 4 N–H and O–H groups in total. The van der Waals surface area contributed by atoms with E-state index in [0.29, 0.717) is 11.1 Å². The lowest BCUT2D eigenvalue weighted by molar-refractivity contribution is -0.231. The van der Waals surface area contributed by atoms with Crippen LogP contribution in [0, 0.1) is 5.82 Å². The van der Waals surface area contributed by atoms with Crippen LogP contribution in [0.1, 0.15) is 41.2 Å². The Labute approximate surface area is 168 Å². The molecule has 0 bridgehead atoms. The van der Waals surface area contributed by atoms with Crippen LogP contribution in [0.4, 0.5) is 4.39 Å². The van der Waals surface area contributed by atoms with Crippen molar-refractivity contribution in [1.29, 1.82) is 0 Å². The van der Waals surface area contributed by atoms with Gasteiger partial charge in [-0.2, -0.15) is 0 Å². The van der Waals surface area contributed by atoms with Crippen LogP contribution in [0.2, 0.25) is 0 Å². The second-order valence-electron chi connectivity index (χ2n) is 7.85. The largest absolute Gasteiger partial charge is 0.394 e. The first-order chi connectivity index (χ1) is 13.9. The standard InChI is InChI=1S/C23H25FO5/c1-12(16-8-13-4-2-3-5-14(13)9-16)17-10-15(6-7-18(17)24)23-22(28)21(27)20(26)19(11-25)29-23/h2-8,10,12,19-23,25-28H,9,11H2,1H3/t12?,19-,20-,21+,22-,23+/m1/s1. The van der Waals surface area contributed by atoms with E-state index in [0.717, 1.165) is 17.6 Å². The van der Waals surface area contributed by atoms with E-state index < -0.39 is 37.1 Å². The lowest BCUT2D eigenvalue weighted by atomic mass is 9.86. The number of allylic oxidation sites excluding steroid dienone is 1. The van der Waals surface area contributed by atoms with E-state index in [1.807, 2.05) is 25.1 Å². The molecule has 1 heterocycles. The Kier molecular flexibility index (Phi) is 5.55. The first kappa shape index (κ1) is 20.2. The van der Waals surface area contributed by atoms with Gasteiger partial charge in [0.25, 0.3) is 0 Å². The maximum atomic E-state index is 14.7. The van der Waals surface area contributed by atoms with Gasteiger partial charge >= 0.3 is 0 Å². The Hall–Kier alpha value is -2.09. The summed E-state index contributed by atoms with van der Waals surface area (Å²) in [6.07, 6.45) is -3.43. The predicted octanol–water partition coefficient (Wildman–Crippen LogP) is 2.08. The van der Waals surface area contributed by atoms with Gasteiger partial charge in [0.15, 0.2) is 0 Å². The monoisotopic (exact) mass is 400 g/mol. The summed E-state index contributed by atoms with van der Waals surface area (Å²) in [5, 5.41) is 39.8. The molecule has 0 amide bonds. The van der Waals surface area contributed by atoms with Gasteiger partial charge in [0.1, 0.15) is 36.3 Å². The van der Waals surface area contributed by atoms with Crippen LogP contribution in [-0.4, -0.2) is 51.4 Å². The van der Waals surface area contributed by atoms with E-state index in [-0.39, 0.29) is 11.7 Å². The normalized spacial score (nSPS) is 30.0. The van der Waals surface area contributed by atoms with E-state index in [2.05, 4.69) is 12.1 Å². The van der Waals surface area contributed by atoms with Crippen molar-refractivity contribution in [1.82, 2.24) is 0 Å². The third kappa shape index (κ3) is 3.63. The number of rotatable bonds is 4. The minimum atomic E-state index is -1.47. The van der Waals surface area contributed by atoms with Crippen molar-refractivity contribution in [2.45, 2.75) is 49.8 Å². The highest BCUT2D eigenvalue weighted by atomic mass is 19.1. The Morgan fingerprint density at radius 3 is 2.55 bits per heavy atom. The summed E-state index contributed by atoms with van der Waals surface area (Å²) in [6.45, 7) is 1.43. The molecular formula is C23H25FO5. The summed E-state index contributed by atoms with van der Waals surface area (Å²) in [6, 6.07) is 12.5. The molecule has 2 aromatic carbocycles. The highest BCUT2D eigenvalue weighted by molar-refractivity contribution is 5.65. The number of aliphatic hydroxyl groups is 4. The molecule has 6 heteroatoms. The highest BCUT2D eigenvalue weighted by Gasteiger charge is 2.44. The van der Waals surface area contributed by atoms with Crippen molar-refractivity contribution >= 4 is 6.08 Å². The number of benzene rings is 2. The maximum absolute atomic E-state index is 14.7. The summed E-state index contributed by atoms with van der Waals surface area (Å²) in [7, 11) is 0. The smallest absolute Gasteiger partial charge is 0.127 e. The van der Waals surface area contributed by atoms with Crippen LogP contribution in [-0.2, 0) is 11.2 Å². The van der Waals surface area contributed by atoms with Crippen LogP contribution >= 0.6 is 0 Å². The van der Waals surface area contributed by atoms with Gasteiger partial charge in [0.2, 0.25) is 0 Å². The quantitative estimate of drug-likeness (QED) is 0.631. The summed E-state index contributed by atoms with van der Waals surface area (Å²) < 4.78 is 20.3. The van der Waals surface area contributed by atoms with Gasteiger partial charge in [-0.05, 0) is 40.8 Å². The van der Waals surface area contributed by atoms with Gasteiger partial charge in [-0.1, -0.05) is 48.9 Å². The molecular weight excluding hydrogens is 375 g/mol. The molecule has 154 valence electrons. The van der Waals surface area contributed by atoms with Crippen LogP contribution in [0.3, 0.4) is 0 Å². The zero-order valence-corrected chi connectivity index (χ0v) is 16.1. The first-order valence-electron chi connectivity index (χ1n) is 9.79. The van der Waals surface area contributed by atoms with Crippen molar-refractivity contribution in [2.24, 2.45) is 0 Å². The predicted molar refractivity (Wildman–Crippen MR) is 106 cm³/mol. The molecule has 0 radical (unpaired) electrons. The average molecular weight is 400 g/mol. The van der Waals surface area contributed by atoms with Crippen LogP contribution in [0.5, 0.6) is 0 Å². The summed E-state index contributed by atoms with van der Waals surface area (Å²) in [5.41, 5.74) is 4.40. The minimum Gasteiger partial charge on any atom is -0.394 e. The molecule has 5 nitrogen and oxygen atoms in total. The molecule has 2 aliphatic rings. The molecule has 6 atom stereocenters. The topological polar surface area (TPSA) is 90.2 Å². The number of fused-ring (bicyclic) bond motifs is 1. The first-order valence-corrected chi connectivity index (χ1v) is 9.79. The summed E-state index contributed by atoms with van der Waals surface area (Å²) >= 11 is 0. The number of ether oxygens (including phenoxy) is 1. The SMILES string of the molecule is CC(C1=Cc2ccccc2C1)c1cc([C@@H]2O[C@H](CO)[C@@H](O)[C@H](O)[C@H]2O)ccc1F. The van der Waals surface area contributed by atoms with Gasteiger partial charge in [-0.25, -0.2) is 4.39 Å². The Balaban J connectivity index is 1.63. The molecule has 0 saturated carbocycles. The van der Waals surface area contributed by atoms with Crippen molar-refractivity contribution in [3.63, 3.8) is 0 Å². The molecule has 0 aromatic heterocycles. The Morgan fingerprint density at radius 1 is 1.07 bits per heavy atom. The molecule has 29 heavy (non-hydrogen) atoms. The molecule has 0 spiro atoms. The van der Waals surface area contributed by atoms with E-state index >= 15 is 0 Å². The van der Waals surface area contributed by atoms with E-state index in [1.54, 1.807) is 6.07 Å². The molecule has 1 unspecified atom stereocenters. The number of hydrogen-bond acceptors (Lipinski definition) is 5. The molecule has 4 rings (SSSR count). The number of aliphatic hydroxyl groups excluding tert-OH is 4. The van der Waals surface area contributed by atoms with Crippen LogP contribution < -0.4 is 0 Å². The van der Waals surface area contributed by atoms with Crippen molar-refractivity contribution in [3.05, 3.63) is 76.1 Å². The fourth-order valence-electron chi connectivity index (χ4n) is 4.23. The van der Waals surface area contributed by atoms with Crippen molar-refractivity contribution < 1.29 is 29.6 Å². The van der Waals surface area contributed by atoms with Gasteiger partial charge in [0.05, 0.1) is 6.61 Å². The number of hydrogen-bond donors (Lipinski definition) is 4. The summed E-state index contributed by atoms with van der Waals surface area (Å²) in [5.74, 6) is -0.546. The third-order valence-electron chi connectivity index (χ3n) is 6.05. The number of halogens is 1. The molecule has 2 aromatic rings. The zero-order chi connectivity index (χ0) is 20.7. The van der Waals surface area contributed by atoms with Crippen molar-refractivity contribution in [3.8, 4) is 0 Å². The second-order valence-corrected chi connectivity index (χ2v) is 7.85. The second kappa shape index (κ2) is 7.97. The fourth-order valence-corrected chi connectivity index (χ4v) is 4.23. The van der Waals surface area contributed by atoms with Crippen LogP contribution in [0.15, 0.2) is 48.0 Å². The third-order valence-corrected chi connectivity index (χ3v) is 6.05. The maximum Gasteiger partial charge on any atom is 0.127 e. The molecule has 1 fully saturated rings. The van der Waals surface area contributed by atoms with Gasteiger partial charge in [-0.15, -0.1) is 0 Å². The minimum absolute atomic E-state index is 0.188. The van der Waals surface area contributed by atoms with E-state index in [1.165, 1.54) is 17.7 Å². The molecule has 1 saturated heterocycles. The average Bonchev–Trinajstić information content (AvgIpc) is 3.17. The summed E-state index contributed by atoms with van der Waals surface area (Å²) in [4.78, 5) is 0.